The smallest absolute Gasteiger partial charge is 0.127 e. The van der Waals surface area contributed by atoms with Gasteiger partial charge in [0.1, 0.15) is 17.1 Å². The number of phenolic OH excluding ortho intramolecular Hbond substituents is 1. The molecule has 0 aromatic heterocycles. The van der Waals surface area contributed by atoms with Crippen LogP contribution in [0.2, 0.25) is 0 Å². The van der Waals surface area contributed by atoms with E-state index in [1.54, 1.807) is 0 Å². The van der Waals surface area contributed by atoms with Crippen molar-refractivity contribution in [2.45, 2.75) is 126 Å². The Morgan fingerprint density at radius 2 is 1.72 bits per heavy atom. The van der Waals surface area contributed by atoms with Crippen LogP contribution in [0.4, 0.5) is 0 Å². The molecule has 0 saturated heterocycles. The van der Waals surface area contributed by atoms with Crippen molar-refractivity contribution in [3.63, 3.8) is 0 Å². The number of aromatic hydroxyl groups is 1. The molecule has 0 radical (unpaired) electrons. The summed E-state index contributed by atoms with van der Waals surface area (Å²) in [5.74, 6) is 2.04. The largest absolute Gasteiger partial charge is 0.507 e. The van der Waals surface area contributed by atoms with Gasteiger partial charge in [0.15, 0.2) is 0 Å². The summed E-state index contributed by atoms with van der Waals surface area (Å²) in [6, 6.07) is 4.13. The highest BCUT2D eigenvalue weighted by Crippen LogP contribution is 2.53. The highest BCUT2D eigenvalue weighted by Gasteiger charge is 2.45. The molecule has 2 heteroatoms. The minimum Gasteiger partial charge on any atom is -0.507 e. The van der Waals surface area contributed by atoms with Crippen LogP contribution in [0.1, 0.15) is 125 Å². The van der Waals surface area contributed by atoms with Crippen molar-refractivity contribution in [3.8, 4) is 11.5 Å². The van der Waals surface area contributed by atoms with Crippen molar-refractivity contribution in [2.75, 3.05) is 0 Å². The summed E-state index contributed by atoms with van der Waals surface area (Å²) in [6.45, 7) is 24.6. The molecule has 184 valence electrons. The predicted octanol–water partition coefficient (Wildman–Crippen LogP) is 9.76. The molecule has 0 amide bonds. The summed E-state index contributed by atoms with van der Waals surface area (Å²) >= 11 is 0. The second-order valence-corrected chi connectivity index (χ2v) is 9.18. The molecule has 0 bridgehead atoms. The number of hydrogen-bond acceptors (Lipinski definition) is 2. The summed E-state index contributed by atoms with van der Waals surface area (Å²) in [5.41, 5.74) is 4.71. The minimum atomic E-state index is -0.177. The first-order valence-electron chi connectivity index (χ1n) is 13.1. The third kappa shape index (κ3) is 8.68. The average molecular weight is 445 g/mol. The lowest BCUT2D eigenvalue weighted by Gasteiger charge is -2.46. The van der Waals surface area contributed by atoms with Gasteiger partial charge in [-0.2, -0.15) is 0 Å². The maximum absolute atomic E-state index is 10.7. The lowest BCUT2D eigenvalue weighted by atomic mass is 9.68. The van der Waals surface area contributed by atoms with Crippen molar-refractivity contribution >= 4 is 0 Å². The van der Waals surface area contributed by atoms with Gasteiger partial charge in [-0.05, 0) is 77.5 Å². The van der Waals surface area contributed by atoms with Gasteiger partial charge in [-0.1, -0.05) is 71.6 Å². The van der Waals surface area contributed by atoms with Crippen LogP contribution < -0.4 is 4.74 Å². The molecule has 2 aliphatic rings. The van der Waals surface area contributed by atoms with E-state index in [-0.39, 0.29) is 11.5 Å². The molecule has 32 heavy (non-hydrogen) atoms. The van der Waals surface area contributed by atoms with E-state index >= 15 is 0 Å². The molecule has 1 aromatic rings. The van der Waals surface area contributed by atoms with Gasteiger partial charge in [0, 0.05) is 17.4 Å². The third-order valence-corrected chi connectivity index (χ3v) is 6.20. The van der Waals surface area contributed by atoms with Crippen molar-refractivity contribution in [1.29, 1.82) is 0 Å². The van der Waals surface area contributed by atoms with Gasteiger partial charge in [0.05, 0.1) is 0 Å². The summed E-state index contributed by atoms with van der Waals surface area (Å²) in [5, 5.41) is 10.7. The predicted molar refractivity (Wildman–Crippen MR) is 143 cm³/mol. The molecule has 0 fully saturated rings. The lowest BCUT2D eigenvalue weighted by Crippen LogP contribution is -2.45. The van der Waals surface area contributed by atoms with Crippen molar-refractivity contribution in [2.24, 2.45) is 5.92 Å². The number of phenols is 1. The fraction of sp³-hybridized carbons (Fsp3) is 0.667. The van der Waals surface area contributed by atoms with E-state index in [2.05, 4.69) is 53.3 Å². The molecular formula is C30H52O2. The molecule has 2 atom stereocenters. The Hall–Kier alpha value is -1.70. The quantitative estimate of drug-likeness (QED) is 0.361. The number of hydrogen-bond donors (Lipinski definition) is 1. The first-order valence-corrected chi connectivity index (χ1v) is 13.1. The Labute approximate surface area is 200 Å². The monoisotopic (exact) mass is 444 g/mol. The molecule has 2 unspecified atom stereocenters. The number of allylic oxidation sites excluding steroid dienone is 3. The van der Waals surface area contributed by atoms with Crippen LogP contribution in [-0.4, -0.2) is 10.7 Å². The van der Waals surface area contributed by atoms with Crippen LogP contribution in [0.5, 0.6) is 11.5 Å². The van der Waals surface area contributed by atoms with Crippen LogP contribution in [0.3, 0.4) is 0 Å². The maximum atomic E-state index is 10.7. The highest BCUT2D eigenvalue weighted by atomic mass is 16.5. The number of aryl methyl sites for hydroxylation is 1. The fourth-order valence-corrected chi connectivity index (χ4v) is 4.30. The average Bonchev–Trinajstić information content (AvgIpc) is 2.76. The number of unbranched alkanes of at least 4 members (excludes halogenated alkanes) is 2. The fourth-order valence-electron chi connectivity index (χ4n) is 4.30. The minimum absolute atomic E-state index is 0.177. The van der Waals surface area contributed by atoms with Crippen LogP contribution in [0, 0.1) is 5.92 Å². The zero-order valence-corrected chi connectivity index (χ0v) is 22.9. The van der Waals surface area contributed by atoms with Gasteiger partial charge in [0.2, 0.25) is 0 Å². The number of rotatable bonds is 5. The first kappa shape index (κ1) is 30.3. The second-order valence-electron chi connectivity index (χ2n) is 9.18. The summed E-state index contributed by atoms with van der Waals surface area (Å²) < 4.78 is 6.36. The maximum Gasteiger partial charge on any atom is 0.127 e. The van der Waals surface area contributed by atoms with Gasteiger partial charge in [-0.3, -0.25) is 0 Å². The van der Waals surface area contributed by atoms with Crippen molar-refractivity contribution in [3.05, 3.63) is 47.1 Å². The zero-order chi connectivity index (χ0) is 24.9. The van der Waals surface area contributed by atoms with Gasteiger partial charge in [-0.15, -0.1) is 6.58 Å². The van der Waals surface area contributed by atoms with Crippen LogP contribution >= 0.6 is 0 Å². The van der Waals surface area contributed by atoms with E-state index < -0.39 is 0 Å². The van der Waals surface area contributed by atoms with Crippen molar-refractivity contribution < 1.29 is 9.84 Å². The zero-order valence-electron chi connectivity index (χ0n) is 22.9. The number of ether oxygens (including phenoxy) is 1. The van der Waals surface area contributed by atoms with Crippen molar-refractivity contribution in [1.82, 2.24) is 0 Å². The Bertz CT molecular complexity index is 712. The number of fused-ring (bicyclic) bond motifs is 3. The molecule has 0 spiro atoms. The summed E-state index contributed by atoms with van der Waals surface area (Å²) in [4.78, 5) is 0. The Kier molecular flexibility index (Phi) is 14.4. The molecular weight excluding hydrogens is 392 g/mol. The van der Waals surface area contributed by atoms with Gasteiger partial charge in [-0.25, -0.2) is 0 Å². The molecule has 0 saturated carbocycles. The Balaban J connectivity index is 0.000000928. The van der Waals surface area contributed by atoms with E-state index in [9.17, 15) is 5.11 Å². The standard InChI is InChI=1S/C21H30O2.C5H10.2C2H6/c1-5-6-7-8-15-12-18(22)20-16-11-14(2)9-10-17(16)21(3,4)23-19(20)13-15;1-4-5(2)3;2*1-2/h11-13,16-17,22H,5-10H2,1-4H3;2,4H2,1,3H3;2*1-2H3. The number of benzene rings is 1. The molecule has 3 rings (SSSR count). The van der Waals surface area contributed by atoms with Crippen LogP contribution in [0.15, 0.2) is 35.9 Å². The molecule has 1 aliphatic carbocycles. The molecule has 1 N–H and O–H groups in total. The van der Waals surface area contributed by atoms with E-state index in [0.717, 1.165) is 37.0 Å². The van der Waals surface area contributed by atoms with Crippen LogP contribution in [0.25, 0.3) is 0 Å². The van der Waals surface area contributed by atoms with Gasteiger partial charge in [0.25, 0.3) is 0 Å². The molecule has 1 heterocycles. The molecule has 2 nitrogen and oxygen atoms in total. The first-order chi connectivity index (χ1) is 15.2. The van der Waals surface area contributed by atoms with E-state index in [1.807, 2.05) is 40.7 Å². The Morgan fingerprint density at radius 3 is 2.25 bits per heavy atom. The van der Waals surface area contributed by atoms with Gasteiger partial charge < -0.3 is 9.84 Å². The molecule has 1 aliphatic heterocycles. The van der Waals surface area contributed by atoms with E-state index in [0.29, 0.717) is 11.7 Å². The summed E-state index contributed by atoms with van der Waals surface area (Å²) in [6.07, 6.45) is 10.4. The van der Waals surface area contributed by atoms with Crippen LogP contribution in [-0.2, 0) is 6.42 Å². The topological polar surface area (TPSA) is 29.5 Å². The normalized spacial score (nSPS) is 19.6. The van der Waals surface area contributed by atoms with E-state index in [1.165, 1.54) is 36.0 Å². The summed E-state index contributed by atoms with van der Waals surface area (Å²) in [7, 11) is 0. The Morgan fingerprint density at radius 1 is 1.12 bits per heavy atom. The third-order valence-electron chi connectivity index (χ3n) is 6.20. The van der Waals surface area contributed by atoms with Gasteiger partial charge >= 0.3 is 0 Å². The highest BCUT2D eigenvalue weighted by molar-refractivity contribution is 5.54. The lowest BCUT2D eigenvalue weighted by molar-refractivity contribution is 0.0107. The second kappa shape index (κ2) is 15.2. The SMILES string of the molecule is C=C(C)CC.CC.CC.CCCCCc1cc(O)c2c(c1)OC(C)(C)C1CCC(C)=CC21. The molecule has 1 aromatic carbocycles. The van der Waals surface area contributed by atoms with E-state index in [4.69, 9.17) is 4.74 Å².